The molecule has 4 rings (SSSR count). The van der Waals surface area contributed by atoms with E-state index in [-0.39, 0.29) is 16.6 Å². The van der Waals surface area contributed by atoms with Crippen LogP contribution in [0.3, 0.4) is 0 Å². The number of nitrogens with zero attached hydrogens (tertiary/aromatic N) is 2. The van der Waals surface area contributed by atoms with Gasteiger partial charge in [-0.15, -0.1) is 0 Å². The van der Waals surface area contributed by atoms with Crippen molar-refractivity contribution in [3.8, 4) is 17.0 Å². The standard InChI is InChI=1S/C25H21F4N5O3/c1-12(17-10-15(25(27,28)29)5-7-19(17)26)32-22(35)18-8-14(11-31-24(18)37-3)13-4-6-16-20(9-13)33-34-21(16)23(36)30-2/h4-12H,1-3H3,(H,30,36)(H,32,35)(H,33,34)/i2D3,3D3. The van der Waals surface area contributed by atoms with Gasteiger partial charge in [-0.3, -0.25) is 14.7 Å². The summed E-state index contributed by atoms with van der Waals surface area (Å²) >= 11 is 0. The summed E-state index contributed by atoms with van der Waals surface area (Å²) in [6.45, 7) is -1.50. The molecule has 192 valence electrons. The summed E-state index contributed by atoms with van der Waals surface area (Å²) in [7, 11) is -3.02. The number of alkyl halides is 3. The summed E-state index contributed by atoms with van der Waals surface area (Å²) in [5.74, 6) is -3.60. The van der Waals surface area contributed by atoms with Gasteiger partial charge in [0.2, 0.25) is 5.88 Å². The van der Waals surface area contributed by atoms with E-state index >= 15 is 0 Å². The normalized spacial score (nSPS) is 15.4. The highest BCUT2D eigenvalue weighted by atomic mass is 19.4. The minimum absolute atomic E-state index is 0.187. The number of amides is 2. The number of H-pyrrole nitrogens is 1. The van der Waals surface area contributed by atoms with E-state index in [9.17, 15) is 27.2 Å². The van der Waals surface area contributed by atoms with Gasteiger partial charge >= 0.3 is 6.18 Å². The monoisotopic (exact) mass is 521 g/mol. The molecule has 0 fully saturated rings. The van der Waals surface area contributed by atoms with Crippen LogP contribution >= 0.6 is 0 Å². The van der Waals surface area contributed by atoms with Crippen LogP contribution in [0.1, 0.15) is 53.2 Å². The molecule has 37 heavy (non-hydrogen) atoms. The number of benzene rings is 2. The molecule has 4 aromatic rings. The van der Waals surface area contributed by atoms with Crippen LogP contribution in [-0.4, -0.2) is 41.0 Å². The minimum Gasteiger partial charge on any atom is -0.480 e. The first-order valence-corrected chi connectivity index (χ1v) is 10.5. The van der Waals surface area contributed by atoms with Crippen LogP contribution in [0.15, 0.2) is 48.7 Å². The number of halogens is 4. The maximum atomic E-state index is 14.4. The second-order valence-corrected chi connectivity index (χ2v) is 7.89. The molecule has 0 saturated carbocycles. The number of carbonyl (C=O) groups is 2. The Kier molecular flexibility index (Phi) is 5.00. The molecule has 0 aliphatic rings. The molecule has 0 bridgehead atoms. The number of fused-ring (bicyclic) bond motifs is 1. The Hall–Kier alpha value is -4.48. The molecule has 0 aliphatic carbocycles. The Bertz CT molecular complexity index is 1710. The third-order valence-corrected chi connectivity index (χ3v) is 5.55. The Morgan fingerprint density at radius 1 is 1.11 bits per heavy atom. The second-order valence-electron chi connectivity index (χ2n) is 7.89. The molecular formula is C25H21F4N5O3. The van der Waals surface area contributed by atoms with Crippen LogP contribution in [0.4, 0.5) is 17.6 Å². The van der Waals surface area contributed by atoms with Gasteiger partial charge < -0.3 is 15.4 Å². The molecular weight excluding hydrogens is 494 g/mol. The van der Waals surface area contributed by atoms with Crippen LogP contribution in [0, 0.1) is 5.82 Å². The summed E-state index contributed by atoms with van der Waals surface area (Å²) in [5, 5.41) is 10.9. The summed E-state index contributed by atoms with van der Waals surface area (Å²) in [5.41, 5.74) is -1.27. The van der Waals surface area contributed by atoms with Crippen LogP contribution in [0.25, 0.3) is 22.0 Å². The van der Waals surface area contributed by atoms with E-state index < -0.39 is 66.4 Å². The molecule has 2 aromatic heterocycles. The van der Waals surface area contributed by atoms with E-state index in [1.165, 1.54) is 37.4 Å². The first kappa shape index (κ1) is 18.7. The Balaban J connectivity index is 1.69. The fourth-order valence-electron chi connectivity index (χ4n) is 3.69. The van der Waals surface area contributed by atoms with Crippen molar-refractivity contribution >= 4 is 22.7 Å². The summed E-state index contributed by atoms with van der Waals surface area (Å²) in [6.07, 6.45) is -3.57. The zero-order valence-electron chi connectivity index (χ0n) is 24.8. The van der Waals surface area contributed by atoms with Crippen molar-refractivity contribution in [3.63, 3.8) is 0 Å². The first-order valence-electron chi connectivity index (χ1n) is 13.5. The van der Waals surface area contributed by atoms with E-state index in [2.05, 4.69) is 20.5 Å². The number of aromatic nitrogens is 3. The molecule has 0 saturated heterocycles. The SMILES string of the molecule is [2H]C([2H])([2H])NC(=O)c1n[nH]c2cc(-c3cnc(OC([2H])([2H])[2H])c(C(=O)NC(C)c4cc(C(F)(F)F)ccc4F)c3)ccc12. The van der Waals surface area contributed by atoms with Gasteiger partial charge in [0.25, 0.3) is 11.8 Å². The number of hydrogen-bond acceptors (Lipinski definition) is 5. The first-order chi connectivity index (χ1) is 19.8. The van der Waals surface area contributed by atoms with Crippen molar-refractivity contribution in [2.75, 3.05) is 14.0 Å². The summed E-state index contributed by atoms with van der Waals surface area (Å²) < 4.78 is 103. The topological polar surface area (TPSA) is 109 Å². The van der Waals surface area contributed by atoms with Gasteiger partial charge in [0.05, 0.1) is 28.3 Å². The zero-order chi connectivity index (χ0) is 31.9. The average Bonchev–Trinajstić information content (AvgIpc) is 3.30. The van der Waals surface area contributed by atoms with Gasteiger partial charge in [0.15, 0.2) is 5.69 Å². The van der Waals surface area contributed by atoms with E-state index in [0.717, 1.165) is 0 Å². The number of carbonyl (C=O) groups excluding carboxylic acids is 2. The number of aromatic amines is 1. The van der Waals surface area contributed by atoms with Crippen LogP contribution < -0.4 is 15.4 Å². The number of rotatable bonds is 6. The van der Waals surface area contributed by atoms with Crippen molar-refractivity contribution in [2.45, 2.75) is 19.1 Å². The van der Waals surface area contributed by atoms with Crippen LogP contribution in [0.2, 0.25) is 0 Å². The molecule has 1 atom stereocenters. The number of hydrogen-bond donors (Lipinski definition) is 3. The maximum absolute atomic E-state index is 14.4. The lowest BCUT2D eigenvalue weighted by Crippen LogP contribution is -2.28. The molecule has 3 N–H and O–H groups in total. The highest BCUT2D eigenvalue weighted by Gasteiger charge is 2.32. The van der Waals surface area contributed by atoms with Gasteiger partial charge in [-0.1, -0.05) is 6.07 Å². The van der Waals surface area contributed by atoms with E-state index in [1.54, 1.807) is 0 Å². The third kappa shape index (κ3) is 5.08. The Morgan fingerprint density at radius 3 is 2.65 bits per heavy atom. The largest absolute Gasteiger partial charge is 0.480 e. The average molecular weight is 522 g/mol. The Labute approximate surface area is 216 Å². The number of ether oxygens (including phenoxy) is 1. The highest BCUT2D eigenvalue weighted by molar-refractivity contribution is 6.05. The summed E-state index contributed by atoms with van der Waals surface area (Å²) in [4.78, 5) is 29.5. The van der Waals surface area contributed by atoms with Gasteiger partial charge in [0, 0.05) is 33.8 Å². The van der Waals surface area contributed by atoms with E-state index in [4.69, 9.17) is 13.0 Å². The van der Waals surface area contributed by atoms with Crippen molar-refractivity contribution in [2.24, 2.45) is 0 Å². The van der Waals surface area contributed by atoms with Crippen molar-refractivity contribution < 1.29 is 40.1 Å². The van der Waals surface area contributed by atoms with Crippen LogP contribution in [0.5, 0.6) is 5.88 Å². The highest BCUT2D eigenvalue weighted by Crippen LogP contribution is 2.32. The fraction of sp³-hybridized carbons (Fsp3) is 0.200. The lowest BCUT2D eigenvalue weighted by atomic mass is 10.0. The lowest BCUT2D eigenvalue weighted by Gasteiger charge is -2.18. The molecule has 1 unspecified atom stereocenters. The van der Waals surface area contributed by atoms with E-state index in [1.807, 2.05) is 5.32 Å². The zero-order valence-corrected chi connectivity index (χ0v) is 18.8. The second kappa shape index (κ2) is 9.88. The van der Waals surface area contributed by atoms with Gasteiger partial charge in [0.1, 0.15) is 11.4 Å². The molecule has 0 spiro atoms. The van der Waals surface area contributed by atoms with Gasteiger partial charge in [-0.25, -0.2) is 9.37 Å². The van der Waals surface area contributed by atoms with Gasteiger partial charge in [-0.2, -0.15) is 18.3 Å². The van der Waals surface area contributed by atoms with Gasteiger partial charge in [-0.05, 0) is 48.9 Å². The number of methoxy groups -OCH3 is 1. The molecule has 8 nitrogen and oxygen atoms in total. The third-order valence-electron chi connectivity index (χ3n) is 5.55. The molecule has 0 aliphatic heterocycles. The van der Waals surface area contributed by atoms with E-state index in [0.29, 0.717) is 29.3 Å². The fourth-order valence-corrected chi connectivity index (χ4v) is 3.69. The maximum Gasteiger partial charge on any atom is 0.416 e. The quantitative estimate of drug-likeness (QED) is 0.320. The number of nitrogens with one attached hydrogen (secondary N) is 3. The predicted molar refractivity (Wildman–Crippen MR) is 127 cm³/mol. The Morgan fingerprint density at radius 2 is 1.92 bits per heavy atom. The number of pyridine rings is 1. The van der Waals surface area contributed by atoms with Crippen LogP contribution in [-0.2, 0) is 6.18 Å². The molecule has 12 heteroatoms. The predicted octanol–water partition coefficient (Wildman–Crippen LogP) is 4.64. The smallest absolute Gasteiger partial charge is 0.416 e. The summed E-state index contributed by atoms with van der Waals surface area (Å²) in [6, 6.07) is 6.09. The minimum atomic E-state index is -4.76. The van der Waals surface area contributed by atoms with Crippen molar-refractivity contribution in [3.05, 3.63) is 76.9 Å². The molecule has 2 aromatic carbocycles. The lowest BCUT2D eigenvalue weighted by molar-refractivity contribution is -0.137. The molecule has 2 amide bonds. The molecule has 0 radical (unpaired) electrons. The van der Waals surface area contributed by atoms with Crippen molar-refractivity contribution in [1.82, 2.24) is 25.8 Å². The van der Waals surface area contributed by atoms with Crippen molar-refractivity contribution in [1.29, 1.82) is 0 Å². The molecule has 2 heterocycles.